The van der Waals surface area contributed by atoms with Gasteiger partial charge in [0.15, 0.2) is 0 Å². The number of fused-ring (bicyclic) bond motifs is 7. The molecular weight excluding hydrogens is 1110 g/mol. The van der Waals surface area contributed by atoms with Crippen LogP contribution in [0, 0.1) is 0 Å². The summed E-state index contributed by atoms with van der Waals surface area (Å²) in [7, 11) is 0. The molecule has 0 N–H and O–H groups in total. The van der Waals surface area contributed by atoms with E-state index in [2.05, 4.69) is 299 Å². The van der Waals surface area contributed by atoms with Crippen molar-refractivity contribution in [3.05, 3.63) is 289 Å². The van der Waals surface area contributed by atoms with E-state index in [4.69, 9.17) is 2.74 Å². The van der Waals surface area contributed by atoms with Crippen LogP contribution < -0.4 is 26.2 Å². The highest BCUT2D eigenvalue weighted by Gasteiger charge is 2.45. The second-order valence-corrected chi connectivity index (χ2v) is 29.2. The average Bonchev–Trinajstić information content (AvgIpc) is 0.991. The molecule has 450 valence electrons. The molecule has 0 bridgehead atoms. The second-order valence-electron chi connectivity index (χ2n) is 29.2. The third kappa shape index (κ3) is 9.98. The van der Waals surface area contributed by atoms with E-state index in [1.54, 1.807) is 4.57 Å². The molecule has 2 aliphatic heterocycles. The van der Waals surface area contributed by atoms with Crippen molar-refractivity contribution < 1.29 is 11.0 Å². The number of benzene rings is 12. The van der Waals surface area contributed by atoms with E-state index in [9.17, 15) is 8.22 Å². The van der Waals surface area contributed by atoms with Gasteiger partial charge in [0.25, 0.3) is 6.71 Å². The predicted octanol–water partition coefficient (Wildman–Crippen LogP) is 22.4. The number of nitrogens with zero attached hydrogens (tertiary/aromatic N) is 3. The first-order chi connectivity index (χ1) is 47.5. The summed E-state index contributed by atoms with van der Waals surface area (Å²) in [4.78, 5) is 4.94. The molecule has 1 aromatic heterocycles. The number of rotatable bonds is 8. The Kier molecular flexibility index (Phi) is 11.9. The van der Waals surface area contributed by atoms with E-state index < -0.39 is 30.9 Å². The molecule has 0 unspecified atom stereocenters. The fourth-order valence-corrected chi connectivity index (χ4v) is 14.1. The third-order valence-electron chi connectivity index (χ3n) is 19.1. The summed E-state index contributed by atoms with van der Waals surface area (Å²) in [6.45, 7) is 26.5. The molecule has 12 aromatic carbocycles. The zero-order valence-corrected chi connectivity index (χ0v) is 54.7. The quantitative estimate of drug-likeness (QED) is 0.141. The van der Waals surface area contributed by atoms with Crippen LogP contribution in [-0.4, -0.2) is 11.3 Å². The molecule has 0 atom stereocenters. The number of hydrogen-bond donors (Lipinski definition) is 0. The number of aromatic nitrogens is 1. The van der Waals surface area contributed by atoms with Crippen molar-refractivity contribution in [1.82, 2.24) is 4.57 Å². The molecule has 92 heavy (non-hydrogen) atoms. The van der Waals surface area contributed by atoms with Crippen LogP contribution in [0.1, 0.15) is 116 Å². The second kappa shape index (κ2) is 21.9. The van der Waals surface area contributed by atoms with Crippen molar-refractivity contribution in [1.29, 1.82) is 0 Å². The van der Waals surface area contributed by atoms with E-state index >= 15 is 0 Å². The van der Waals surface area contributed by atoms with Gasteiger partial charge in [0.2, 0.25) is 0 Å². The van der Waals surface area contributed by atoms with Gasteiger partial charge in [0.1, 0.15) is 0 Å². The van der Waals surface area contributed by atoms with Crippen LogP contribution in [0.2, 0.25) is 0 Å². The molecule has 3 heterocycles. The van der Waals surface area contributed by atoms with Crippen LogP contribution in [0.4, 0.5) is 34.1 Å². The van der Waals surface area contributed by atoms with E-state index in [1.807, 2.05) is 12.1 Å². The minimum Gasteiger partial charge on any atom is -0.310 e. The Morgan fingerprint density at radius 3 is 1.10 bits per heavy atom. The maximum Gasteiger partial charge on any atom is 0.252 e. The van der Waals surface area contributed by atoms with E-state index in [1.165, 1.54) is 22.3 Å². The highest BCUT2D eigenvalue weighted by atomic mass is 15.2. The molecule has 0 radical (unpaired) electrons. The largest absolute Gasteiger partial charge is 0.310 e. The fourth-order valence-electron chi connectivity index (χ4n) is 14.1. The summed E-state index contributed by atoms with van der Waals surface area (Å²) in [6, 6.07) is 76.4. The molecule has 0 saturated heterocycles. The van der Waals surface area contributed by atoms with Gasteiger partial charge in [-0.15, -0.1) is 0 Å². The SMILES string of the molecule is [2H]c1c([2H])c([2H])c2c(c1[2H])c1c([2H])c([2H])c([2H])c([2H])c1n2-c1ccc2c(c1)N(c1c(-c3ccc(C(C)(C)C)cc3)cccc1-c1ccc(C(C)(C)C)cc1)c1cccc3c1B2c1cc(-c2ccccc2)ccc1N3c1c(-c2ccc(C(C)(C)C)cc2)cccc1-c1ccc(C(C)(C)C)cc1. The van der Waals surface area contributed by atoms with Crippen LogP contribution >= 0.6 is 0 Å². The average molecular weight is 1200 g/mol. The topological polar surface area (TPSA) is 11.4 Å². The predicted molar refractivity (Wildman–Crippen MR) is 397 cm³/mol. The summed E-state index contributed by atoms with van der Waals surface area (Å²) in [5, 5.41) is 0.0413. The molecule has 3 nitrogen and oxygen atoms in total. The van der Waals surface area contributed by atoms with Gasteiger partial charge in [0.05, 0.1) is 33.4 Å². The molecule has 0 amide bonds. The van der Waals surface area contributed by atoms with Crippen molar-refractivity contribution in [3.63, 3.8) is 0 Å². The monoisotopic (exact) mass is 1200 g/mol. The smallest absolute Gasteiger partial charge is 0.252 e. The number of hydrogen-bond acceptors (Lipinski definition) is 2. The Morgan fingerprint density at radius 2 is 0.685 bits per heavy atom. The molecular formula is C88H80BN3. The number of anilines is 6. The lowest BCUT2D eigenvalue weighted by Gasteiger charge is -2.45. The van der Waals surface area contributed by atoms with Crippen molar-refractivity contribution in [2.45, 2.75) is 105 Å². The first kappa shape index (κ1) is 49.8. The van der Waals surface area contributed by atoms with Gasteiger partial charge < -0.3 is 14.4 Å². The van der Waals surface area contributed by atoms with Gasteiger partial charge in [-0.1, -0.05) is 307 Å². The van der Waals surface area contributed by atoms with Crippen molar-refractivity contribution in [2.24, 2.45) is 0 Å². The van der Waals surface area contributed by atoms with Crippen LogP contribution in [-0.2, 0) is 21.7 Å². The van der Waals surface area contributed by atoms with E-state index in [0.717, 1.165) is 106 Å². The van der Waals surface area contributed by atoms with Crippen LogP contribution in [0.15, 0.2) is 267 Å². The maximum atomic E-state index is 9.73. The van der Waals surface area contributed by atoms with Crippen LogP contribution in [0.5, 0.6) is 0 Å². The first-order valence-electron chi connectivity index (χ1n) is 36.3. The van der Waals surface area contributed by atoms with Gasteiger partial charge in [-0.05, 0) is 136 Å². The zero-order valence-electron chi connectivity index (χ0n) is 62.7. The van der Waals surface area contributed by atoms with Gasteiger partial charge >= 0.3 is 0 Å². The molecule has 0 saturated carbocycles. The Hall–Kier alpha value is -9.90. The van der Waals surface area contributed by atoms with Crippen molar-refractivity contribution in [2.75, 3.05) is 9.80 Å². The Bertz CT molecular complexity index is 5250. The molecule has 13 aromatic rings. The van der Waals surface area contributed by atoms with Gasteiger partial charge in [-0.2, -0.15) is 0 Å². The lowest BCUT2D eigenvalue weighted by atomic mass is 9.33. The third-order valence-corrected chi connectivity index (χ3v) is 19.1. The fraction of sp³-hybridized carbons (Fsp3) is 0.182. The maximum absolute atomic E-state index is 9.73. The highest BCUT2D eigenvalue weighted by Crippen LogP contribution is 2.53. The highest BCUT2D eigenvalue weighted by molar-refractivity contribution is 7.00. The lowest BCUT2D eigenvalue weighted by molar-refractivity contribution is 0.590. The zero-order chi connectivity index (χ0) is 70.5. The normalized spacial score (nSPS) is 14.4. The minimum atomic E-state index is -0.491. The van der Waals surface area contributed by atoms with Gasteiger partial charge in [-0.3, -0.25) is 0 Å². The minimum absolute atomic E-state index is 0.0206. The summed E-state index contributed by atoms with van der Waals surface area (Å²) >= 11 is 0. The standard InChI is InChI=1S/C88H80BN3/c1-85(2,3)63-44-35-58(36-45-63)68-27-20-28-69(59-37-46-64(47-38-59)86(4,5)6)83(68)91-78-54-43-62(57-23-14-13-15-24-57)55-75(78)89-74-53-52-67(90-76-31-18-16-25-72(76)73-26-17-19-32-77(73)90)56-81(74)92(80-34-22-33-79(91)82(80)89)84-70(60-39-48-65(49-40-60)87(7,8)9)29-21-30-71(84)61-41-50-66(51-42-61)88(10,11)12/h13-56H,1-12H3/i16D,17D,18D,19D,25D,26D,31D,32D. The van der Waals surface area contributed by atoms with Crippen molar-refractivity contribution >= 4 is 79.0 Å². The number of para-hydroxylation sites is 4. The van der Waals surface area contributed by atoms with Crippen LogP contribution in [0.3, 0.4) is 0 Å². The molecule has 0 fully saturated rings. The summed E-state index contributed by atoms with van der Waals surface area (Å²) in [6.07, 6.45) is 0. The van der Waals surface area contributed by atoms with Gasteiger partial charge in [0, 0.05) is 61.5 Å². The Labute approximate surface area is 556 Å². The lowest BCUT2D eigenvalue weighted by Crippen LogP contribution is -2.61. The van der Waals surface area contributed by atoms with E-state index in [0.29, 0.717) is 5.69 Å². The van der Waals surface area contributed by atoms with Crippen molar-refractivity contribution in [3.8, 4) is 61.3 Å². The van der Waals surface area contributed by atoms with Gasteiger partial charge in [-0.25, -0.2) is 0 Å². The Morgan fingerprint density at radius 1 is 0.304 bits per heavy atom. The first-order valence-corrected chi connectivity index (χ1v) is 32.3. The molecule has 15 rings (SSSR count). The Balaban J connectivity index is 1.10. The molecule has 4 heteroatoms. The summed E-state index contributed by atoms with van der Waals surface area (Å²) < 4.78 is 76.4. The molecule has 0 aliphatic carbocycles. The van der Waals surface area contributed by atoms with Crippen LogP contribution in [0.25, 0.3) is 83.1 Å². The van der Waals surface area contributed by atoms with E-state index in [-0.39, 0.29) is 67.6 Å². The summed E-state index contributed by atoms with van der Waals surface area (Å²) in [5.74, 6) is 0. The summed E-state index contributed by atoms with van der Waals surface area (Å²) in [5.41, 5.74) is 24.1. The molecule has 0 spiro atoms. The molecule has 2 aliphatic rings.